The second kappa shape index (κ2) is 8.68. The fraction of sp³-hybridized carbons (Fsp3) is 0.381. The molecule has 10 heteroatoms. The van der Waals surface area contributed by atoms with Crippen molar-refractivity contribution in [3.05, 3.63) is 59.2 Å². The Morgan fingerprint density at radius 1 is 1.26 bits per heavy atom. The number of anilines is 2. The van der Waals surface area contributed by atoms with E-state index in [0.717, 1.165) is 29.1 Å². The second-order valence-corrected chi connectivity index (χ2v) is 7.70. The van der Waals surface area contributed by atoms with Gasteiger partial charge < -0.3 is 20.3 Å². The summed E-state index contributed by atoms with van der Waals surface area (Å²) in [6.45, 7) is 1.62. The van der Waals surface area contributed by atoms with E-state index in [1.54, 1.807) is 11.1 Å². The number of benzene rings is 1. The summed E-state index contributed by atoms with van der Waals surface area (Å²) in [7, 11) is 0. The van der Waals surface area contributed by atoms with Crippen LogP contribution in [0.1, 0.15) is 22.5 Å². The number of nitrogens with zero attached hydrogens (tertiary/aromatic N) is 5. The number of carbonyl (C=O) groups is 1. The molecule has 5 rings (SSSR count). The van der Waals surface area contributed by atoms with Crippen LogP contribution in [0.3, 0.4) is 0 Å². The van der Waals surface area contributed by atoms with Gasteiger partial charge in [-0.2, -0.15) is 15.4 Å². The van der Waals surface area contributed by atoms with Crippen LogP contribution in [-0.2, 0) is 35.3 Å². The minimum Gasteiger partial charge on any atom is -0.371 e. The van der Waals surface area contributed by atoms with Crippen LogP contribution in [0.15, 0.2) is 36.7 Å². The van der Waals surface area contributed by atoms with Crippen LogP contribution in [0.4, 0.5) is 11.6 Å². The number of hydrogen-bond acceptors (Lipinski definition) is 8. The molecule has 3 aromatic rings. The van der Waals surface area contributed by atoms with Gasteiger partial charge in [-0.3, -0.25) is 4.79 Å². The number of para-hydroxylation sites is 1. The molecule has 1 unspecified atom stereocenters. The number of rotatable bonds is 7. The van der Waals surface area contributed by atoms with Gasteiger partial charge in [-0.05, 0) is 11.6 Å². The van der Waals surface area contributed by atoms with Gasteiger partial charge in [0.1, 0.15) is 12.8 Å². The van der Waals surface area contributed by atoms with Gasteiger partial charge in [0.2, 0.25) is 11.9 Å². The lowest BCUT2D eigenvalue weighted by Gasteiger charge is -2.28. The first-order valence-corrected chi connectivity index (χ1v) is 10.4. The number of amides is 1. The maximum Gasteiger partial charge on any atom is 0.248 e. The Morgan fingerprint density at radius 3 is 3.06 bits per heavy atom. The van der Waals surface area contributed by atoms with E-state index in [1.807, 2.05) is 18.3 Å². The molecule has 0 bridgehead atoms. The number of hydrogen-bond donors (Lipinski definition) is 3. The molecule has 0 spiro atoms. The van der Waals surface area contributed by atoms with Gasteiger partial charge in [-0.15, -0.1) is 0 Å². The summed E-state index contributed by atoms with van der Waals surface area (Å²) in [4.78, 5) is 23.4. The number of aromatic amines is 1. The van der Waals surface area contributed by atoms with Crippen LogP contribution in [0, 0.1) is 0 Å². The Hall–Kier alpha value is -3.53. The van der Waals surface area contributed by atoms with Crippen molar-refractivity contribution in [1.29, 1.82) is 0 Å². The predicted molar refractivity (Wildman–Crippen MR) is 113 cm³/mol. The topological polar surface area (TPSA) is 121 Å². The number of aromatic nitrogens is 5. The molecule has 0 saturated carbocycles. The molecule has 160 valence electrons. The zero-order chi connectivity index (χ0) is 21.0. The standard InChI is InChI=1S/C21H24N8O2/c30-20(13-31-8-6-16-11-23-28-27-16)29-7-5-18-15(12-29)10-22-21(25-18)26-19-9-14-3-1-2-4-17(14)24-19/h1-4,10-11,19,24H,5-9,12-13H2,(H,22,25,26)(H,23,27,28). The van der Waals surface area contributed by atoms with Crippen molar-refractivity contribution >= 4 is 17.5 Å². The number of ether oxygens (including phenoxy) is 1. The highest BCUT2D eigenvalue weighted by Crippen LogP contribution is 2.26. The second-order valence-electron chi connectivity index (χ2n) is 7.70. The number of nitrogens with one attached hydrogen (secondary N) is 3. The third kappa shape index (κ3) is 4.48. The zero-order valence-corrected chi connectivity index (χ0v) is 17.0. The molecule has 0 radical (unpaired) electrons. The van der Waals surface area contributed by atoms with E-state index < -0.39 is 0 Å². The van der Waals surface area contributed by atoms with Crippen LogP contribution in [-0.4, -0.2) is 62.1 Å². The van der Waals surface area contributed by atoms with E-state index in [2.05, 4.69) is 48.1 Å². The van der Waals surface area contributed by atoms with Crippen LogP contribution in [0.25, 0.3) is 0 Å². The Morgan fingerprint density at radius 2 is 2.19 bits per heavy atom. The van der Waals surface area contributed by atoms with Crippen LogP contribution in [0.2, 0.25) is 0 Å². The Labute approximate surface area is 179 Å². The zero-order valence-electron chi connectivity index (χ0n) is 17.0. The average molecular weight is 420 g/mol. The molecule has 4 heterocycles. The molecular weight excluding hydrogens is 396 g/mol. The fourth-order valence-corrected chi connectivity index (χ4v) is 3.91. The van der Waals surface area contributed by atoms with Gasteiger partial charge in [0.05, 0.1) is 24.2 Å². The largest absolute Gasteiger partial charge is 0.371 e. The van der Waals surface area contributed by atoms with Crippen molar-refractivity contribution in [2.24, 2.45) is 0 Å². The summed E-state index contributed by atoms with van der Waals surface area (Å²) in [5, 5.41) is 17.1. The molecule has 1 amide bonds. The first kappa shape index (κ1) is 19.4. The van der Waals surface area contributed by atoms with E-state index in [9.17, 15) is 4.79 Å². The van der Waals surface area contributed by atoms with Gasteiger partial charge in [0.15, 0.2) is 0 Å². The fourth-order valence-electron chi connectivity index (χ4n) is 3.91. The van der Waals surface area contributed by atoms with Crippen molar-refractivity contribution in [3.8, 4) is 0 Å². The number of H-pyrrole nitrogens is 1. The molecule has 3 N–H and O–H groups in total. The van der Waals surface area contributed by atoms with E-state index in [1.165, 1.54) is 5.56 Å². The maximum absolute atomic E-state index is 12.5. The first-order valence-electron chi connectivity index (χ1n) is 10.4. The SMILES string of the molecule is O=C(COCCc1cn[nH]n1)N1CCc2nc(NC3Cc4ccccc4N3)ncc2C1. The third-order valence-electron chi connectivity index (χ3n) is 5.55. The van der Waals surface area contributed by atoms with Crippen molar-refractivity contribution in [3.63, 3.8) is 0 Å². The normalized spacial score (nSPS) is 17.0. The van der Waals surface area contributed by atoms with E-state index in [0.29, 0.717) is 38.5 Å². The summed E-state index contributed by atoms with van der Waals surface area (Å²) in [6, 6.07) is 8.28. The lowest BCUT2D eigenvalue weighted by atomic mass is 10.1. The summed E-state index contributed by atoms with van der Waals surface area (Å²) in [5.41, 5.74) is 5.22. The number of carbonyl (C=O) groups excluding carboxylic acids is 1. The summed E-state index contributed by atoms with van der Waals surface area (Å²) < 4.78 is 5.51. The van der Waals surface area contributed by atoms with Crippen LogP contribution < -0.4 is 10.6 Å². The van der Waals surface area contributed by atoms with Gasteiger partial charge in [-0.1, -0.05) is 18.2 Å². The lowest BCUT2D eigenvalue weighted by molar-refractivity contribution is -0.137. The molecule has 1 atom stereocenters. The smallest absolute Gasteiger partial charge is 0.248 e. The van der Waals surface area contributed by atoms with E-state index in [-0.39, 0.29) is 18.7 Å². The molecule has 10 nitrogen and oxygen atoms in total. The maximum atomic E-state index is 12.5. The Bertz CT molecular complexity index is 1030. The number of fused-ring (bicyclic) bond motifs is 2. The average Bonchev–Trinajstić information content (AvgIpc) is 3.45. The van der Waals surface area contributed by atoms with E-state index in [4.69, 9.17) is 4.74 Å². The lowest BCUT2D eigenvalue weighted by Crippen LogP contribution is -2.39. The predicted octanol–water partition coefficient (Wildman–Crippen LogP) is 1.14. The minimum atomic E-state index is -0.0269. The molecule has 0 fully saturated rings. The van der Waals surface area contributed by atoms with Gasteiger partial charge in [0.25, 0.3) is 0 Å². The van der Waals surface area contributed by atoms with Crippen molar-refractivity contribution in [2.75, 3.05) is 30.4 Å². The Balaban J connectivity index is 1.12. The Kier molecular flexibility index (Phi) is 5.44. The highest BCUT2D eigenvalue weighted by atomic mass is 16.5. The molecule has 0 saturated heterocycles. The summed E-state index contributed by atoms with van der Waals surface area (Å²) in [5.74, 6) is 0.584. The molecule has 1 aromatic carbocycles. The van der Waals surface area contributed by atoms with Crippen molar-refractivity contribution in [1.82, 2.24) is 30.3 Å². The van der Waals surface area contributed by atoms with E-state index >= 15 is 0 Å². The highest BCUT2D eigenvalue weighted by Gasteiger charge is 2.24. The monoisotopic (exact) mass is 420 g/mol. The van der Waals surface area contributed by atoms with Gasteiger partial charge in [0, 0.05) is 49.8 Å². The highest BCUT2D eigenvalue weighted by molar-refractivity contribution is 5.77. The molecule has 0 aliphatic carbocycles. The minimum absolute atomic E-state index is 0.0269. The molecule has 2 aromatic heterocycles. The molecule has 2 aliphatic heterocycles. The quantitative estimate of drug-likeness (QED) is 0.487. The third-order valence-corrected chi connectivity index (χ3v) is 5.55. The molecule has 31 heavy (non-hydrogen) atoms. The van der Waals surface area contributed by atoms with Crippen LogP contribution in [0.5, 0.6) is 0 Å². The van der Waals surface area contributed by atoms with Crippen molar-refractivity contribution < 1.29 is 9.53 Å². The molecular formula is C21H24N8O2. The van der Waals surface area contributed by atoms with Gasteiger partial charge in [-0.25, -0.2) is 9.97 Å². The summed E-state index contributed by atoms with van der Waals surface area (Å²) >= 11 is 0. The van der Waals surface area contributed by atoms with Gasteiger partial charge >= 0.3 is 0 Å². The first-order chi connectivity index (χ1) is 15.2. The van der Waals surface area contributed by atoms with Crippen LogP contribution >= 0.6 is 0 Å². The van der Waals surface area contributed by atoms with Crippen molar-refractivity contribution in [2.45, 2.75) is 32.0 Å². The summed E-state index contributed by atoms with van der Waals surface area (Å²) in [6.07, 6.45) is 5.75. The molecule has 2 aliphatic rings.